The highest BCUT2D eigenvalue weighted by molar-refractivity contribution is 5.41. The summed E-state index contributed by atoms with van der Waals surface area (Å²) in [7, 11) is 0. The smallest absolute Gasteiger partial charge is 0.104 e. The first-order chi connectivity index (χ1) is 9.85. The van der Waals surface area contributed by atoms with E-state index in [4.69, 9.17) is 5.11 Å². The number of benzene rings is 1. The Morgan fingerprint density at radius 1 is 1.15 bits per heavy atom. The van der Waals surface area contributed by atoms with Crippen molar-refractivity contribution in [1.29, 1.82) is 0 Å². The molecular weight excluding hydrogens is 250 g/mol. The standard InChI is InChI=1S/C17H23NO2/c19-12-5-8-15-6-1-2-7-16(15)14-18(11-13-20)17-9-3-4-10-17/h1-2,6-7,17,19-20H,3-4,9-14H2. The molecule has 0 amide bonds. The molecule has 2 N–H and O–H groups in total. The van der Waals surface area contributed by atoms with Crippen LogP contribution in [0.5, 0.6) is 0 Å². The Labute approximate surface area is 121 Å². The Balaban J connectivity index is 2.13. The van der Waals surface area contributed by atoms with Gasteiger partial charge in [0.05, 0.1) is 6.61 Å². The van der Waals surface area contributed by atoms with Crippen LogP contribution < -0.4 is 0 Å². The van der Waals surface area contributed by atoms with Crippen LogP contribution in [-0.2, 0) is 6.54 Å². The van der Waals surface area contributed by atoms with Crippen LogP contribution >= 0.6 is 0 Å². The molecule has 2 rings (SSSR count). The van der Waals surface area contributed by atoms with Crippen LogP contribution in [0.1, 0.15) is 36.8 Å². The first-order valence-electron chi connectivity index (χ1n) is 7.37. The Bertz CT molecular complexity index is 469. The number of aliphatic hydroxyl groups is 2. The maximum absolute atomic E-state index is 9.28. The average molecular weight is 273 g/mol. The molecule has 20 heavy (non-hydrogen) atoms. The van der Waals surface area contributed by atoms with Gasteiger partial charge in [-0.15, -0.1) is 0 Å². The zero-order valence-corrected chi connectivity index (χ0v) is 11.9. The summed E-state index contributed by atoms with van der Waals surface area (Å²) in [6.07, 6.45) is 5.03. The van der Waals surface area contributed by atoms with E-state index in [1.807, 2.05) is 18.2 Å². The van der Waals surface area contributed by atoms with Gasteiger partial charge < -0.3 is 10.2 Å². The third kappa shape index (κ3) is 4.08. The van der Waals surface area contributed by atoms with Crippen molar-refractivity contribution >= 4 is 0 Å². The lowest BCUT2D eigenvalue weighted by Crippen LogP contribution is -2.35. The van der Waals surface area contributed by atoms with Crippen LogP contribution in [-0.4, -0.2) is 40.9 Å². The SMILES string of the molecule is OCC#Cc1ccccc1CN(CCO)C1CCCC1. The van der Waals surface area contributed by atoms with E-state index in [-0.39, 0.29) is 13.2 Å². The normalized spacial score (nSPS) is 15.3. The summed E-state index contributed by atoms with van der Waals surface area (Å²) >= 11 is 0. The summed E-state index contributed by atoms with van der Waals surface area (Å²) in [6.45, 7) is 1.62. The van der Waals surface area contributed by atoms with Crippen molar-refractivity contribution in [2.24, 2.45) is 0 Å². The number of nitrogens with zero attached hydrogens (tertiary/aromatic N) is 1. The topological polar surface area (TPSA) is 43.7 Å². The van der Waals surface area contributed by atoms with Gasteiger partial charge in [0.15, 0.2) is 0 Å². The number of hydrogen-bond acceptors (Lipinski definition) is 3. The van der Waals surface area contributed by atoms with E-state index in [9.17, 15) is 5.11 Å². The summed E-state index contributed by atoms with van der Waals surface area (Å²) < 4.78 is 0. The van der Waals surface area contributed by atoms with Crippen LogP contribution in [0.15, 0.2) is 24.3 Å². The fourth-order valence-electron chi connectivity index (χ4n) is 2.92. The molecule has 0 spiro atoms. The van der Waals surface area contributed by atoms with E-state index in [1.165, 1.54) is 31.2 Å². The van der Waals surface area contributed by atoms with E-state index in [0.29, 0.717) is 12.6 Å². The Hall–Kier alpha value is -1.34. The van der Waals surface area contributed by atoms with Gasteiger partial charge in [-0.2, -0.15) is 0 Å². The van der Waals surface area contributed by atoms with Crippen LogP contribution in [0.4, 0.5) is 0 Å². The molecule has 1 saturated carbocycles. The zero-order valence-electron chi connectivity index (χ0n) is 11.9. The molecule has 3 nitrogen and oxygen atoms in total. The van der Waals surface area contributed by atoms with Crippen molar-refractivity contribution in [1.82, 2.24) is 4.90 Å². The van der Waals surface area contributed by atoms with E-state index in [0.717, 1.165) is 12.1 Å². The van der Waals surface area contributed by atoms with Gasteiger partial charge in [-0.25, -0.2) is 0 Å². The Kier molecular flexibility index (Phi) is 6.07. The second kappa shape index (κ2) is 8.06. The minimum Gasteiger partial charge on any atom is -0.395 e. The molecular formula is C17H23NO2. The molecule has 0 bridgehead atoms. The van der Waals surface area contributed by atoms with Crippen LogP contribution in [0.2, 0.25) is 0 Å². The Morgan fingerprint density at radius 2 is 1.90 bits per heavy atom. The van der Waals surface area contributed by atoms with Gasteiger partial charge in [0, 0.05) is 24.7 Å². The van der Waals surface area contributed by atoms with Crippen molar-refractivity contribution in [3.8, 4) is 11.8 Å². The molecule has 0 radical (unpaired) electrons. The average Bonchev–Trinajstić information content (AvgIpc) is 3.00. The van der Waals surface area contributed by atoms with Crippen LogP contribution in [0.25, 0.3) is 0 Å². The molecule has 0 aliphatic heterocycles. The van der Waals surface area contributed by atoms with E-state index in [1.54, 1.807) is 0 Å². The van der Waals surface area contributed by atoms with Gasteiger partial charge in [0.25, 0.3) is 0 Å². The lowest BCUT2D eigenvalue weighted by molar-refractivity contribution is 0.144. The van der Waals surface area contributed by atoms with Crippen molar-refractivity contribution in [3.63, 3.8) is 0 Å². The summed E-state index contributed by atoms with van der Waals surface area (Å²) in [4.78, 5) is 2.37. The molecule has 108 valence electrons. The predicted molar refractivity (Wildman–Crippen MR) is 80.2 cm³/mol. The van der Waals surface area contributed by atoms with Gasteiger partial charge in [-0.05, 0) is 24.5 Å². The summed E-state index contributed by atoms with van der Waals surface area (Å²) in [5.41, 5.74) is 2.15. The van der Waals surface area contributed by atoms with Crippen molar-refractivity contribution in [3.05, 3.63) is 35.4 Å². The molecule has 0 saturated heterocycles. The predicted octanol–water partition coefficient (Wildman–Crippen LogP) is 1.77. The highest BCUT2D eigenvalue weighted by Gasteiger charge is 2.22. The van der Waals surface area contributed by atoms with E-state index >= 15 is 0 Å². The molecule has 0 heterocycles. The van der Waals surface area contributed by atoms with E-state index < -0.39 is 0 Å². The second-order valence-electron chi connectivity index (χ2n) is 5.25. The monoisotopic (exact) mass is 273 g/mol. The quantitative estimate of drug-likeness (QED) is 0.804. The molecule has 1 fully saturated rings. The first-order valence-corrected chi connectivity index (χ1v) is 7.37. The third-order valence-corrected chi connectivity index (χ3v) is 3.92. The first kappa shape index (κ1) is 15.1. The third-order valence-electron chi connectivity index (χ3n) is 3.92. The largest absolute Gasteiger partial charge is 0.395 e. The Morgan fingerprint density at radius 3 is 2.60 bits per heavy atom. The minimum absolute atomic E-state index is 0.114. The zero-order chi connectivity index (χ0) is 14.2. The molecule has 3 heteroatoms. The van der Waals surface area contributed by atoms with Gasteiger partial charge in [0.2, 0.25) is 0 Å². The minimum atomic E-state index is -0.114. The van der Waals surface area contributed by atoms with Crippen LogP contribution in [0, 0.1) is 11.8 Å². The second-order valence-corrected chi connectivity index (χ2v) is 5.25. The highest BCUT2D eigenvalue weighted by atomic mass is 16.3. The molecule has 1 aromatic carbocycles. The van der Waals surface area contributed by atoms with Gasteiger partial charge >= 0.3 is 0 Å². The van der Waals surface area contributed by atoms with Gasteiger partial charge in [-0.1, -0.05) is 42.9 Å². The number of hydrogen-bond donors (Lipinski definition) is 2. The van der Waals surface area contributed by atoms with Gasteiger partial charge in [-0.3, -0.25) is 4.90 Å². The summed E-state index contributed by atoms with van der Waals surface area (Å²) in [5.74, 6) is 5.73. The molecule has 1 aliphatic rings. The summed E-state index contributed by atoms with van der Waals surface area (Å²) in [6, 6.07) is 8.65. The number of rotatable bonds is 5. The summed E-state index contributed by atoms with van der Waals surface area (Å²) in [5, 5.41) is 18.1. The fraction of sp³-hybridized carbons (Fsp3) is 0.529. The maximum atomic E-state index is 9.28. The van der Waals surface area contributed by atoms with Crippen LogP contribution in [0.3, 0.4) is 0 Å². The highest BCUT2D eigenvalue weighted by Crippen LogP contribution is 2.25. The van der Waals surface area contributed by atoms with E-state index in [2.05, 4.69) is 22.8 Å². The van der Waals surface area contributed by atoms with Gasteiger partial charge in [0.1, 0.15) is 6.61 Å². The molecule has 1 aliphatic carbocycles. The molecule has 1 aromatic rings. The maximum Gasteiger partial charge on any atom is 0.104 e. The van der Waals surface area contributed by atoms with Crippen molar-refractivity contribution in [2.45, 2.75) is 38.3 Å². The lowest BCUT2D eigenvalue weighted by atomic mass is 10.1. The number of aliphatic hydroxyl groups excluding tert-OH is 2. The molecule has 0 aromatic heterocycles. The molecule has 0 atom stereocenters. The lowest BCUT2D eigenvalue weighted by Gasteiger charge is -2.28. The van der Waals surface area contributed by atoms with Crippen molar-refractivity contribution in [2.75, 3.05) is 19.8 Å². The molecule has 0 unspecified atom stereocenters. The van der Waals surface area contributed by atoms with Crippen molar-refractivity contribution < 1.29 is 10.2 Å². The fourth-order valence-corrected chi connectivity index (χ4v) is 2.92.